The normalized spacial score (nSPS) is 19.8. The predicted molar refractivity (Wildman–Crippen MR) is 97.0 cm³/mol. The van der Waals surface area contributed by atoms with Crippen LogP contribution in [-0.2, 0) is 16.0 Å². The Bertz CT molecular complexity index is 682. The van der Waals surface area contributed by atoms with E-state index >= 15 is 0 Å². The number of carbonyl (C=O) groups is 1. The third-order valence-electron chi connectivity index (χ3n) is 4.30. The Morgan fingerprint density at radius 3 is 2.92 bits per heavy atom. The molecular weight excluding hydrogens is 320 g/mol. The quantitative estimate of drug-likeness (QED) is 0.900. The molecule has 0 saturated carbocycles. The summed E-state index contributed by atoms with van der Waals surface area (Å²) in [6, 6.07) is 10.1. The molecule has 3 rings (SSSR count). The smallest absolute Gasteiger partial charge is 0.226 e. The van der Waals surface area contributed by atoms with Crippen LogP contribution in [0.2, 0.25) is 0 Å². The van der Waals surface area contributed by atoms with Crippen LogP contribution in [0.15, 0.2) is 35.7 Å². The van der Waals surface area contributed by atoms with Crippen molar-refractivity contribution in [1.82, 2.24) is 10.3 Å². The number of amides is 1. The second kappa shape index (κ2) is 7.45. The minimum atomic E-state index is -0.0762. The average Bonchev–Trinajstić information content (AvgIpc) is 3.01. The van der Waals surface area contributed by atoms with Gasteiger partial charge in [-0.05, 0) is 32.6 Å². The summed E-state index contributed by atoms with van der Waals surface area (Å²) in [7, 11) is 0. The first-order chi connectivity index (χ1) is 11.5. The molecule has 0 aliphatic carbocycles. The van der Waals surface area contributed by atoms with Gasteiger partial charge in [-0.2, -0.15) is 0 Å². The minimum Gasteiger partial charge on any atom is -0.376 e. The fourth-order valence-corrected chi connectivity index (χ4v) is 3.94. The fraction of sp³-hybridized carbons (Fsp3) is 0.474. The second-order valence-corrected chi connectivity index (χ2v) is 7.82. The largest absolute Gasteiger partial charge is 0.376 e. The van der Waals surface area contributed by atoms with Crippen molar-refractivity contribution >= 4 is 17.2 Å². The first-order valence-electron chi connectivity index (χ1n) is 8.42. The van der Waals surface area contributed by atoms with Gasteiger partial charge in [0.15, 0.2) is 0 Å². The Morgan fingerprint density at radius 1 is 1.38 bits per heavy atom. The molecule has 1 aromatic carbocycles. The van der Waals surface area contributed by atoms with Crippen molar-refractivity contribution in [2.24, 2.45) is 5.92 Å². The number of rotatable bonds is 5. The highest BCUT2D eigenvalue weighted by Gasteiger charge is 2.28. The predicted octanol–water partition coefficient (Wildman–Crippen LogP) is 3.67. The van der Waals surface area contributed by atoms with Crippen molar-refractivity contribution in [2.75, 3.05) is 13.2 Å². The molecule has 1 saturated heterocycles. The van der Waals surface area contributed by atoms with E-state index in [-0.39, 0.29) is 11.5 Å². The maximum atomic E-state index is 12.2. The van der Waals surface area contributed by atoms with Gasteiger partial charge in [0, 0.05) is 24.1 Å². The summed E-state index contributed by atoms with van der Waals surface area (Å²) in [6.07, 6.45) is 2.34. The monoisotopic (exact) mass is 344 g/mol. The highest BCUT2D eigenvalue weighted by atomic mass is 32.1. The van der Waals surface area contributed by atoms with Gasteiger partial charge in [0.1, 0.15) is 5.01 Å². The molecule has 2 aromatic rings. The number of benzene rings is 1. The molecule has 0 radical (unpaired) electrons. The van der Waals surface area contributed by atoms with Crippen molar-refractivity contribution in [3.05, 3.63) is 41.4 Å². The van der Waals surface area contributed by atoms with E-state index in [0.717, 1.165) is 42.3 Å². The number of nitrogens with one attached hydrogen (secondary N) is 1. The SMILES string of the molecule is CC1(C)C[C@@H](CNC(=O)Cc2csc(-c3ccccc3)n2)CCO1. The highest BCUT2D eigenvalue weighted by molar-refractivity contribution is 7.13. The summed E-state index contributed by atoms with van der Waals surface area (Å²) in [5, 5.41) is 5.99. The van der Waals surface area contributed by atoms with E-state index in [4.69, 9.17) is 4.74 Å². The van der Waals surface area contributed by atoms with Crippen LogP contribution in [0.4, 0.5) is 0 Å². The lowest BCUT2D eigenvalue weighted by molar-refractivity contribution is -0.121. The summed E-state index contributed by atoms with van der Waals surface area (Å²) < 4.78 is 5.72. The van der Waals surface area contributed by atoms with Crippen LogP contribution in [0.3, 0.4) is 0 Å². The molecule has 1 N–H and O–H groups in total. The van der Waals surface area contributed by atoms with Crippen molar-refractivity contribution < 1.29 is 9.53 Å². The van der Waals surface area contributed by atoms with Crippen LogP contribution in [0.25, 0.3) is 10.6 Å². The summed E-state index contributed by atoms with van der Waals surface area (Å²) in [5.74, 6) is 0.539. The van der Waals surface area contributed by atoms with Gasteiger partial charge in [0.25, 0.3) is 0 Å². The third-order valence-corrected chi connectivity index (χ3v) is 5.24. The van der Waals surface area contributed by atoms with Crippen molar-refractivity contribution in [3.8, 4) is 10.6 Å². The van der Waals surface area contributed by atoms with E-state index in [0.29, 0.717) is 12.3 Å². The molecule has 0 unspecified atom stereocenters. The first kappa shape index (κ1) is 17.1. The van der Waals surface area contributed by atoms with Gasteiger partial charge in [-0.15, -0.1) is 11.3 Å². The Kier molecular flexibility index (Phi) is 5.31. The molecule has 1 aliphatic rings. The molecule has 0 spiro atoms. The zero-order chi connectivity index (χ0) is 17.0. The van der Waals surface area contributed by atoms with Gasteiger partial charge < -0.3 is 10.1 Å². The number of ether oxygens (including phenoxy) is 1. The summed E-state index contributed by atoms with van der Waals surface area (Å²) in [4.78, 5) is 16.8. The molecule has 2 heterocycles. The topological polar surface area (TPSA) is 51.2 Å². The van der Waals surface area contributed by atoms with E-state index in [9.17, 15) is 4.79 Å². The van der Waals surface area contributed by atoms with E-state index in [2.05, 4.69) is 24.1 Å². The number of hydrogen-bond acceptors (Lipinski definition) is 4. The van der Waals surface area contributed by atoms with Crippen LogP contribution < -0.4 is 5.32 Å². The molecule has 1 atom stereocenters. The molecule has 128 valence electrons. The Hall–Kier alpha value is -1.72. The van der Waals surface area contributed by atoms with Gasteiger partial charge in [-0.3, -0.25) is 4.79 Å². The average molecular weight is 344 g/mol. The number of hydrogen-bond donors (Lipinski definition) is 1. The fourth-order valence-electron chi connectivity index (χ4n) is 3.12. The van der Waals surface area contributed by atoms with E-state index < -0.39 is 0 Å². The maximum absolute atomic E-state index is 12.2. The molecule has 5 heteroatoms. The van der Waals surface area contributed by atoms with Gasteiger partial charge in [0.2, 0.25) is 5.91 Å². The molecule has 1 aliphatic heterocycles. The Labute approximate surface area is 147 Å². The van der Waals surface area contributed by atoms with Gasteiger partial charge in [-0.25, -0.2) is 4.98 Å². The first-order valence-corrected chi connectivity index (χ1v) is 9.30. The number of nitrogens with zero attached hydrogens (tertiary/aromatic N) is 1. The maximum Gasteiger partial charge on any atom is 0.226 e. The lowest BCUT2D eigenvalue weighted by Crippen LogP contribution is -2.39. The van der Waals surface area contributed by atoms with E-state index in [1.54, 1.807) is 11.3 Å². The Balaban J connectivity index is 1.50. The van der Waals surface area contributed by atoms with Crippen molar-refractivity contribution in [3.63, 3.8) is 0 Å². The minimum absolute atomic E-state index is 0.0456. The van der Waals surface area contributed by atoms with Crippen molar-refractivity contribution in [1.29, 1.82) is 0 Å². The Morgan fingerprint density at radius 2 is 2.17 bits per heavy atom. The summed E-state index contributed by atoms with van der Waals surface area (Å²) in [5.41, 5.74) is 1.86. The molecule has 1 amide bonds. The van der Waals surface area contributed by atoms with E-state index in [1.807, 2.05) is 35.7 Å². The van der Waals surface area contributed by atoms with Crippen molar-refractivity contribution in [2.45, 2.75) is 38.7 Å². The lowest BCUT2D eigenvalue weighted by atomic mass is 9.88. The highest BCUT2D eigenvalue weighted by Crippen LogP contribution is 2.28. The second-order valence-electron chi connectivity index (χ2n) is 6.96. The molecule has 1 fully saturated rings. The molecule has 1 aromatic heterocycles. The summed E-state index contributed by atoms with van der Waals surface area (Å²) in [6.45, 7) is 5.73. The molecule has 24 heavy (non-hydrogen) atoms. The molecule has 4 nitrogen and oxygen atoms in total. The lowest BCUT2D eigenvalue weighted by Gasteiger charge is -2.35. The van der Waals surface area contributed by atoms with Gasteiger partial charge in [-0.1, -0.05) is 30.3 Å². The molecular formula is C19H24N2O2S. The number of aromatic nitrogens is 1. The van der Waals surface area contributed by atoms with Crippen LogP contribution in [-0.4, -0.2) is 29.6 Å². The van der Waals surface area contributed by atoms with Gasteiger partial charge in [0.05, 0.1) is 17.7 Å². The van der Waals surface area contributed by atoms with Crippen LogP contribution in [0, 0.1) is 5.92 Å². The number of thiazole rings is 1. The number of carbonyl (C=O) groups excluding carboxylic acids is 1. The summed E-state index contributed by atoms with van der Waals surface area (Å²) >= 11 is 1.58. The van der Waals surface area contributed by atoms with Crippen LogP contribution in [0.1, 0.15) is 32.4 Å². The molecule has 0 bridgehead atoms. The van der Waals surface area contributed by atoms with Crippen LogP contribution in [0.5, 0.6) is 0 Å². The van der Waals surface area contributed by atoms with Crippen LogP contribution >= 0.6 is 11.3 Å². The third kappa shape index (κ3) is 4.65. The van der Waals surface area contributed by atoms with Gasteiger partial charge >= 0.3 is 0 Å². The zero-order valence-electron chi connectivity index (χ0n) is 14.2. The zero-order valence-corrected chi connectivity index (χ0v) is 15.1. The van der Waals surface area contributed by atoms with E-state index in [1.165, 1.54) is 0 Å². The standard InChI is InChI=1S/C19H24N2O2S/c1-19(2)11-14(8-9-23-19)12-20-17(22)10-16-13-24-18(21-16)15-6-4-3-5-7-15/h3-7,13-14H,8-12H2,1-2H3,(H,20,22)/t14-/m0/s1.